The lowest BCUT2D eigenvalue weighted by Gasteiger charge is -2.34. The number of nitrogens with one attached hydrogen (secondary N) is 1. The lowest BCUT2D eigenvalue weighted by atomic mass is 9.89. The summed E-state index contributed by atoms with van der Waals surface area (Å²) in [7, 11) is -0.0998. The summed E-state index contributed by atoms with van der Waals surface area (Å²) in [6.45, 7) is 6.47. The Morgan fingerprint density at radius 1 is 1.03 bits per heavy atom. The molecule has 0 bridgehead atoms. The highest BCUT2D eigenvalue weighted by Gasteiger charge is 2.47. The topological polar surface area (TPSA) is 99.2 Å². The van der Waals surface area contributed by atoms with E-state index in [1.165, 1.54) is 14.8 Å². The van der Waals surface area contributed by atoms with Crippen LogP contribution in [0.2, 0.25) is 0 Å². The van der Waals surface area contributed by atoms with Crippen LogP contribution >= 0.6 is 0 Å². The number of benzene rings is 2. The molecule has 1 N–H and O–H groups in total. The first-order chi connectivity index (χ1) is 16.9. The molecule has 4 rings (SSSR count). The number of piperidine rings is 1. The summed E-state index contributed by atoms with van der Waals surface area (Å²) in [5.74, 6) is 0.297. The number of sulfonamides is 1. The predicted octanol–water partition coefficient (Wildman–Crippen LogP) is 2.60. The number of aliphatic imine (C=N–C) groups is 1. The molecule has 0 unspecified atom stereocenters. The van der Waals surface area contributed by atoms with Crippen LogP contribution in [0.5, 0.6) is 0 Å². The van der Waals surface area contributed by atoms with Crippen molar-refractivity contribution in [1.29, 1.82) is 0 Å². The van der Waals surface area contributed by atoms with Crippen molar-refractivity contribution < 1.29 is 18.0 Å². The molecule has 2 heterocycles. The number of aryl methyl sites for hydroxylation is 4. The van der Waals surface area contributed by atoms with Crippen LogP contribution in [-0.4, -0.2) is 73.7 Å². The second kappa shape index (κ2) is 9.78. The zero-order chi connectivity index (χ0) is 26.3. The van der Waals surface area contributed by atoms with Gasteiger partial charge in [0.1, 0.15) is 11.4 Å². The SMILES string of the molecule is Cc1ccc(C2=NC3(CCN(S(=O)(=O)CCc4ccc(C(=O)N(C)C)cc4C)CC3)C(=O)N2)cc1C. The van der Waals surface area contributed by atoms with Gasteiger partial charge in [-0.25, -0.2) is 12.7 Å². The Balaban J connectivity index is 1.41. The quantitative estimate of drug-likeness (QED) is 0.646. The van der Waals surface area contributed by atoms with Gasteiger partial charge in [0, 0.05) is 38.3 Å². The molecular formula is C27H34N4O4S. The Morgan fingerprint density at radius 2 is 1.72 bits per heavy atom. The van der Waals surface area contributed by atoms with Crippen LogP contribution in [0.1, 0.15) is 51.0 Å². The number of carbonyl (C=O) groups excluding carboxylic acids is 2. The molecule has 2 aliphatic heterocycles. The molecular weight excluding hydrogens is 476 g/mol. The van der Waals surface area contributed by atoms with E-state index < -0.39 is 15.6 Å². The van der Waals surface area contributed by atoms with Crippen LogP contribution in [0.25, 0.3) is 0 Å². The van der Waals surface area contributed by atoms with Gasteiger partial charge in [0.15, 0.2) is 0 Å². The zero-order valence-corrected chi connectivity index (χ0v) is 22.4. The van der Waals surface area contributed by atoms with E-state index in [0.29, 0.717) is 30.7 Å². The Labute approximate surface area is 213 Å². The molecule has 0 atom stereocenters. The largest absolute Gasteiger partial charge is 0.345 e. The molecule has 9 heteroatoms. The van der Waals surface area contributed by atoms with Gasteiger partial charge < -0.3 is 10.2 Å². The lowest BCUT2D eigenvalue weighted by molar-refractivity contribution is -0.124. The number of carbonyl (C=O) groups is 2. The molecule has 0 saturated carbocycles. The molecule has 1 fully saturated rings. The van der Waals surface area contributed by atoms with E-state index in [0.717, 1.165) is 22.3 Å². The van der Waals surface area contributed by atoms with Gasteiger partial charge in [-0.3, -0.25) is 14.6 Å². The second-order valence-corrected chi connectivity index (χ2v) is 12.1. The van der Waals surface area contributed by atoms with Crippen molar-refractivity contribution >= 4 is 27.7 Å². The van der Waals surface area contributed by atoms with Gasteiger partial charge in [0.2, 0.25) is 10.0 Å². The van der Waals surface area contributed by atoms with Crippen molar-refractivity contribution in [3.8, 4) is 0 Å². The maximum absolute atomic E-state index is 13.1. The monoisotopic (exact) mass is 510 g/mol. The third-order valence-corrected chi connectivity index (χ3v) is 9.20. The number of hydrogen-bond acceptors (Lipinski definition) is 5. The van der Waals surface area contributed by atoms with E-state index in [2.05, 4.69) is 5.32 Å². The highest BCUT2D eigenvalue weighted by molar-refractivity contribution is 7.89. The van der Waals surface area contributed by atoms with E-state index in [1.807, 2.05) is 45.0 Å². The van der Waals surface area contributed by atoms with Crippen molar-refractivity contribution in [2.75, 3.05) is 32.9 Å². The molecule has 192 valence electrons. The minimum atomic E-state index is -3.50. The van der Waals surface area contributed by atoms with Gasteiger partial charge in [-0.15, -0.1) is 0 Å². The van der Waals surface area contributed by atoms with E-state index in [4.69, 9.17) is 4.99 Å². The molecule has 2 amide bonds. The van der Waals surface area contributed by atoms with Crippen LogP contribution in [0, 0.1) is 20.8 Å². The summed E-state index contributed by atoms with van der Waals surface area (Å²) in [4.78, 5) is 31.3. The molecule has 36 heavy (non-hydrogen) atoms. The first-order valence-electron chi connectivity index (χ1n) is 12.2. The predicted molar refractivity (Wildman–Crippen MR) is 141 cm³/mol. The summed E-state index contributed by atoms with van der Waals surface area (Å²) in [6.07, 6.45) is 1.07. The number of hydrogen-bond donors (Lipinski definition) is 1. The Kier molecular flexibility index (Phi) is 7.07. The third kappa shape index (κ3) is 5.08. The normalized spacial score (nSPS) is 17.7. The van der Waals surface area contributed by atoms with E-state index in [9.17, 15) is 18.0 Å². The van der Waals surface area contributed by atoms with Gasteiger partial charge in [-0.05, 0) is 80.5 Å². The Hall–Kier alpha value is -3.04. The maximum Gasteiger partial charge on any atom is 0.253 e. The fraction of sp³-hybridized carbons (Fsp3) is 0.444. The van der Waals surface area contributed by atoms with Crippen LogP contribution in [0.3, 0.4) is 0 Å². The van der Waals surface area contributed by atoms with Gasteiger partial charge in [0.25, 0.3) is 11.8 Å². The van der Waals surface area contributed by atoms with Crippen LogP contribution in [0.4, 0.5) is 0 Å². The Bertz CT molecular complexity index is 1340. The van der Waals surface area contributed by atoms with Crippen molar-refractivity contribution in [2.45, 2.75) is 45.6 Å². The second-order valence-electron chi connectivity index (χ2n) is 10.1. The molecule has 0 radical (unpaired) electrons. The van der Waals surface area contributed by atoms with Gasteiger partial charge in [-0.1, -0.05) is 18.2 Å². The average molecular weight is 511 g/mol. The van der Waals surface area contributed by atoms with Crippen LogP contribution in [0.15, 0.2) is 41.4 Å². The standard InChI is InChI=1S/C27H34N4O4S/c1-18-6-7-22(16-19(18)2)24-28-26(33)27(29-24)11-13-31(14-12-27)36(34,35)15-10-21-8-9-23(17-20(21)3)25(32)30(4)5/h6-9,16-17H,10-15H2,1-5H3,(H,28,29,33). The van der Waals surface area contributed by atoms with E-state index in [-0.39, 0.29) is 30.7 Å². The Morgan fingerprint density at radius 3 is 2.33 bits per heavy atom. The molecule has 0 aliphatic carbocycles. The summed E-state index contributed by atoms with van der Waals surface area (Å²) >= 11 is 0. The van der Waals surface area contributed by atoms with Gasteiger partial charge in [-0.2, -0.15) is 0 Å². The highest BCUT2D eigenvalue weighted by atomic mass is 32.2. The number of amides is 2. The zero-order valence-electron chi connectivity index (χ0n) is 21.6. The van der Waals surface area contributed by atoms with E-state index in [1.54, 1.807) is 26.2 Å². The molecule has 1 spiro atoms. The first-order valence-corrected chi connectivity index (χ1v) is 13.8. The van der Waals surface area contributed by atoms with Gasteiger partial charge >= 0.3 is 0 Å². The van der Waals surface area contributed by atoms with Crippen LogP contribution in [-0.2, 0) is 21.2 Å². The molecule has 0 aromatic heterocycles. The molecule has 2 aliphatic rings. The smallest absolute Gasteiger partial charge is 0.253 e. The number of amidine groups is 1. The minimum Gasteiger partial charge on any atom is -0.345 e. The summed E-state index contributed by atoms with van der Waals surface area (Å²) in [5, 5.41) is 2.92. The van der Waals surface area contributed by atoms with Gasteiger partial charge in [0.05, 0.1) is 5.75 Å². The molecule has 2 aromatic rings. The minimum absolute atomic E-state index is 0.0226. The lowest BCUT2D eigenvalue weighted by Crippen LogP contribution is -2.50. The maximum atomic E-state index is 13.1. The highest BCUT2D eigenvalue weighted by Crippen LogP contribution is 2.32. The summed E-state index contributed by atoms with van der Waals surface area (Å²) in [6, 6.07) is 11.3. The summed E-state index contributed by atoms with van der Waals surface area (Å²) < 4.78 is 27.7. The molecule has 2 aromatic carbocycles. The first kappa shape index (κ1) is 26.0. The fourth-order valence-corrected chi connectivity index (χ4v) is 6.23. The van der Waals surface area contributed by atoms with Crippen molar-refractivity contribution in [1.82, 2.24) is 14.5 Å². The molecule has 8 nitrogen and oxygen atoms in total. The fourth-order valence-electron chi connectivity index (χ4n) is 4.75. The van der Waals surface area contributed by atoms with Crippen molar-refractivity contribution in [3.05, 3.63) is 69.8 Å². The number of rotatable bonds is 6. The van der Waals surface area contributed by atoms with Crippen molar-refractivity contribution in [3.63, 3.8) is 0 Å². The summed E-state index contributed by atoms with van der Waals surface area (Å²) in [5.41, 5.74) is 4.64. The van der Waals surface area contributed by atoms with E-state index >= 15 is 0 Å². The third-order valence-electron chi connectivity index (χ3n) is 7.33. The number of nitrogens with zero attached hydrogens (tertiary/aromatic N) is 3. The van der Waals surface area contributed by atoms with Crippen LogP contribution < -0.4 is 5.32 Å². The average Bonchev–Trinajstić information content (AvgIpc) is 3.15. The van der Waals surface area contributed by atoms with Crippen molar-refractivity contribution in [2.24, 2.45) is 4.99 Å². The molecule has 1 saturated heterocycles.